The van der Waals surface area contributed by atoms with Crippen LogP contribution in [0.15, 0.2) is 36.5 Å². The van der Waals surface area contributed by atoms with E-state index in [9.17, 15) is 0 Å². The molecule has 1 aromatic carbocycles. The Morgan fingerprint density at radius 3 is 2.68 bits per heavy atom. The minimum Gasteiger partial charge on any atom is -0.312 e. The number of aromatic nitrogens is 2. The molecule has 1 aromatic heterocycles. The quantitative estimate of drug-likeness (QED) is 0.876. The molecule has 0 aliphatic rings. The standard InChI is InChI=1S/C15H20ClN3/c1-3-19-15(13(16)11-18-19)14(17-2)10-9-12-7-5-4-6-8-12/h4-8,11,14,17H,3,9-10H2,1-2H3. The van der Waals surface area contributed by atoms with Crippen LogP contribution < -0.4 is 5.32 Å². The van der Waals surface area contributed by atoms with Crippen molar-refractivity contribution in [2.24, 2.45) is 0 Å². The second kappa shape index (κ2) is 6.73. The Hall–Kier alpha value is -1.32. The monoisotopic (exact) mass is 277 g/mol. The molecule has 19 heavy (non-hydrogen) atoms. The lowest BCUT2D eigenvalue weighted by Crippen LogP contribution is -2.21. The van der Waals surface area contributed by atoms with Crippen molar-refractivity contribution in [3.63, 3.8) is 0 Å². The molecule has 2 aromatic rings. The summed E-state index contributed by atoms with van der Waals surface area (Å²) >= 11 is 6.26. The molecule has 2 rings (SSSR count). The summed E-state index contributed by atoms with van der Waals surface area (Å²) in [4.78, 5) is 0. The number of benzene rings is 1. The molecular formula is C15H20ClN3. The maximum atomic E-state index is 6.26. The first-order valence-electron chi connectivity index (χ1n) is 6.68. The van der Waals surface area contributed by atoms with Gasteiger partial charge in [0.2, 0.25) is 0 Å². The molecule has 0 saturated carbocycles. The molecule has 1 N–H and O–H groups in total. The largest absolute Gasteiger partial charge is 0.312 e. The van der Waals surface area contributed by atoms with Gasteiger partial charge in [0.15, 0.2) is 0 Å². The van der Waals surface area contributed by atoms with Crippen LogP contribution in [-0.2, 0) is 13.0 Å². The summed E-state index contributed by atoms with van der Waals surface area (Å²) in [6.07, 6.45) is 3.76. The van der Waals surface area contributed by atoms with Crippen LogP contribution in [0.5, 0.6) is 0 Å². The highest BCUT2D eigenvalue weighted by atomic mass is 35.5. The minimum absolute atomic E-state index is 0.232. The molecule has 0 amide bonds. The molecule has 0 spiro atoms. The molecule has 0 aliphatic carbocycles. The Morgan fingerprint density at radius 2 is 2.05 bits per heavy atom. The summed E-state index contributed by atoms with van der Waals surface area (Å²) in [7, 11) is 1.97. The van der Waals surface area contributed by atoms with Gasteiger partial charge in [-0.3, -0.25) is 4.68 Å². The maximum absolute atomic E-state index is 6.26. The molecule has 3 nitrogen and oxygen atoms in total. The highest BCUT2D eigenvalue weighted by molar-refractivity contribution is 6.31. The van der Waals surface area contributed by atoms with Crippen LogP contribution in [-0.4, -0.2) is 16.8 Å². The first kappa shape index (κ1) is 14.1. The van der Waals surface area contributed by atoms with Gasteiger partial charge in [-0.2, -0.15) is 5.10 Å². The van der Waals surface area contributed by atoms with Crippen molar-refractivity contribution in [2.45, 2.75) is 32.4 Å². The summed E-state index contributed by atoms with van der Waals surface area (Å²) in [5.41, 5.74) is 2.43. The average molecular weight is 278 g/mol. The molecule has 1 atom stereocenters. The predicted molar refractivity (Wildman–Crippen MR) is 79.5 cm³/mol. The van der Waals surface area contributed by atoms with Crippen LogP contribution >= 0.6 is 11.6 Å². The Balaban J connectivity index is 2.10. The lowest BCUT2D eigenvalue weighted by atomic mass is 10.0. The van der Waals surface area contributed by atoms with Crippen LogP contribution in [0.4, 0.5) is 0 Å². The number of rotatable bonds is 6. The summed E-state index contributed by atoms with van der Waals surface area (Å²) in [5.74, 6) is 0. The molecule has 0 radical (unpaired) electrons. The fourth-order valence-corrected chi connectivity index (χ4v) is 2.62. The molecule has 102 valence electrons. The lowest BCUT2D eigenvalue weighted by Gasteiger charge is -2.18. The van der Waals surface area contributed by atoms with Crippen molar-refractivity contribution >= 4 is 11.6 Å². The average Bonchev–Trinajstić information content (AvgIpc) is 2.82. The van der Waals surface area contributed by atoms with Gasteiger partial charge in [0.1, 0.15) is 0 Å². The van der Waals surface area contributed by atoms with E-state index in [-0.39, 0.29) is 6.04 Å². The summed E-state index contributed by atoms with van der Waals surface area (Å²) in [6.45, 7) is 2.92. The first-order valence-corrected chi connectivity index (χ1v) is 7.06. The Labute approximate surface area is 119 Å². The zero-order valence-corrected chi connectivity index (χ0v) is 12.2. The van der Waals surface area contributed by atoms with Gasteiger partial charge in [0.05, 0.1) is 23.0 Å². The van der Waals surface area contributed by atoms with Gasteiger partial charge in [-0.05, 0) is 32.4 Å². The molecule has 0 aliphatic heterocycles. The number of nitrogens with one attached hydrogen (secondary N) is 1. The predicted octanol–water partition coefficient (Wildman–Crippen LogP) is 3.45. The van der Waals surface area contributed by atoms with Gasteiger partial charge in [-0.1, -0.05) is 41.9 Å². The van der Waals surface area contributed by atoms with Gasteiger partial charge in [0.25, 0.3) is 0 Å². The lowest BCUT2D eigenvalue weighted by molar-refractivity contribution is 0.489. The van der Waals surface area contributed by atoms with Crippen molar-refractivity contribution in [3.8, 4) is 0 Å². The second-order valence-corrected chi connectivity index (χ2v) is 4.97. The van der Waals surface area contributed by atoms with Crippen molar-refractivity contribution in [2.75, 3.05) is 7.05 Å². The van der Waals surface area contributed by atoms with Gasteiger partial charge in [0, 0.05) is 6.54 Å². The number of hydrogen-bond acceptors (Lipinski definition) is 2. The van der Waals surface area contributed by atoms with E-state index in [0.717, 1.165) is 30.1 Å². The number of halogens is 1. The number of hydrogen-bond donors (Lipinski definition) is 1. The third kappa shape index (κ3) is 3.37. The van der Waals surface area contributed by atoms with Gasteiger partial charge >= 0.3 is 0 Å². The van der Waals surface area contributed by atoms with Crippen molar-refractivity contribution < 1.29 is 0 Å². The summed E-state index contributed by atoms with van der Waals surface area (Å²) in [6, 6.07) is 10.7. The Bertz CT molecular complexity index is 507. The van der Waals surface area contributed by atoms with Crippen LogP contribution in [0.3, 0.4) is 0 Å². The van der Waals surface area contributed by atoms with E-state index in [1.54, 1.807) is 6.20 Å². The van der Waals surface area contributed by atoms with Crippen molar-refractivity contribution in [3.05, 3.63) is 52.8 Å². The molecule has 0 fully saturated rings. The van der Waals surface area contributed by atoms with E-state index in [1.807, 2.05) is 17.8 Å². The molecule has 0 saturated heterocycles. The summed E-state index contributed by atoms with van der Waals surface area (Å²) < 4.78 is 1.97. The van der Waals surface area contributed by atoms with Crippen molar-refractivity contribution in [1.82, 2.24) is 15.1 Å². The van der Waals surface area contributed by atoms with Gasteiger partial charge < -0.3 is 5.32 Å². The van der Waals surface area contributed by atoms with E-state index in [0.29, 0.717) is 0 Å². The topological polar surface area (TPSA) is 29.9 Å². The molecule has 0 bridgehead atoms. The fraction of sp³-hybridized carbons (Fsp3) is 0.400. The summed E-state index contributed by atoms with van der Waals surface area (Å²) in [5, 5.41) is 8.39. The Kier molecular flexibility index (Phi) is 5.00. The first-order chi connectivity index (χ1) is 9.26. The smallest absolute Gasteiger partial charge is 0.0834 e. The zero-order valence-electron chi connectivity index (χ0n) is 11.4. The maximum Gasteiger partial charge on any atom is 0.0834 e. The molecule has 4 heteroatoms. The van der Waals surface area contributed by atoms with Gasteiger partial charge in [-0.25, -0.2) is 0 Å². The van der Waals surface area contributed by atoms with E-state index < -0.39 is 0 Å². The third-order valence-electron chi connectivity index (χ3n) is 3.38. The highest BCUT2D eigenvalue weighted by Crippen LogP contribution is 2.26. The second-order valence-electron chi connectivity index (χ2n) is 4.56. The van der Waals surface area contributed by atoms with Crippen LogP contribution in [0, 0.1) is 0 Å². The van der Waals surface area contributed by atoms with E-state index >= 15 is 0 Å². The van der Waals surface area contributed by atoms with E-state index in [2.05, 4.69) is 41.6 Å². The highest BCUT2D eigenvalue weighted by Gasteiger charge is 2.18. The van der Waals surface area contributed by atoms with E-state index in [1.165, 1.54) is 5.56 Å². The molecular weight excluding hydrogens is 258 g/mol. The third-order valence-corrected chi connectivity index (χ3v) is 3.67. The van der Waals surface area contributed by atoms with Crippen LogP contribution in [0.2, 0.25) is 5.02 Å². The Morgan fingerprint density at radius 1 is 1.32 bits per heavy atom. The minimum atomic E-state index is 0.232. The molecule has 1 heterocycles. The molecule has 1 unspecified atom stereocenters. The van der Waals surface area contributed by atoms with Crippen LogP contribution in [0.1, 0.15) is 30.6 Å². The fourth-order valence-electron chi connectivity index (χ4n) is 2.34. The zero-order chi connectivity index (χ0) is 13.7. The number of aryl methyl sites for hydroxylation is 2. The van der Waals surface area contributed by atoms with E-state index in [4.69, 9.17) is 11.6 Å². The van der Waals surface area contributed by atoms with Crippen LogP contribution in [0.25, 0.3) is 0 Å². The SMILES string of the molecule is CCn1ncc(Cl)c1C(CCc1ccccc1)NC. The van der Waals surface area contributed by atoms with Crippen molar-refractivity contribution in [1.29, 1.82) is 0 Å². The normalized spacial score (nSPS) is 12.6. The number of nitrogens with zero attached hydrogens (tertiary/aromatic N) is 2. The van der Waals surface area contributed by atoms with Gasteiger partial charge in [-0.15, -0.1) is 0 Å².